The predicted octanol–water partition coefficient (Wildman–Crippen LogP) is 5.90. The van der Waals surface area contributed by atoms with E-state index in [4.69, 9.17) is 19.2 Å². The van der Waals surface area contributed by atoms with Crippen LogP contribution in [-0.4, -0.2) is 66.1 Å². The summed E-state index contributed by atoms with van der Waals surface area (Å²) in [6.45, 7) is 11.5. The molecule has 1 aromatic heterocycles. The van der Waals surface area contributed by atoms with Gasteiger partial charge in [-0.1, -0.05) is 70.0 Å². The molecule has 6 atom stereocenters. The summed E-state index contributed by atoms with van der Waals surface area (Å²) in [6, 6.07) is 16.5. The largest absolute Gasteiger partial charge is 0.497 e. The summed E-state index contributed by atoms with van der Waals surface area (Å²) >= 11 is 0. The Morgan fingerprint density at radius 1 is 1.00 bits per heavy atom. The second-order valence-electron chi connectivity index (χ2n) is 15.7. The number of rotatable bonds is 13. The molecule has 3 aliphatic carbocycles. The first-order chi connectivity index (χ1) is 25.4. The third-order valence-electron chi connectivity index (χ3n) is 10.9. The van der Waals surface area contributed by atoms with Crippen LogP contribution in [0.15, 0.2) is 67.3 Å². The summed E-state index contributed by atoms with van der Waals surface area (Å²) < 4.78 is 17.6. The Kier molecular flexibility index (Phi) is 11.1. The van der Waals surface area contributed by atoms with Gasteiger partial charge in [0.1, 0.15) is 29.2 Å². The van der Waals surface area contributed by atoms with Crippen molar-refractivity contribution in [2.75, 3.05) is 13.7 Å². The van der Waals surface area contributed by atoms with Gasteiger partial charge in [-0.3, -0.25) is 14.4 Å². The smallest absolute Gasteiger partial charge is 0.332 e. The van der Waals surface area contributed by atoms with E-state index >= 15 is 0 Å². The number of carbonyl (C=O) groups excluding carboxylic acids is 4. The first-order valence-corrected chi connectivity index (χ1v) is 18.8. The van der Waals surface area contributed by atoms with Crippen LogP contribution >= 0.6 is 0 Å². The van der Waals surface area contributed by atoms with E-state index < -0.39 is 52.7 Å². The highest BCUT2D eigenvalue weighted by Gasteiger charge is 2.62. The van der Waals surface area contributed by atoms with Gasteiger partial charge in [-0.2, -0.15) is 0 Å². The van der Waals surface area contributed by atoms with Gasteiger partial charge in [-0.15, -0.1) is 6.58 Å². The van der Waals surface area contributed by atoms with Crippen molar-refractivity contribution in [3.05, 3.63) is 67.3 Å². The van der Waals surface area contributed by atoms with E-state index in [1.807, 2.05) is 75.4 Å². The van der Waals surface area contributed by atoms with Crippen molar-refractivity contribution < 1.29 is 33.4 Å². The van der Waals surface area contributed by atoms with Crippen LogP contribution < -0.4 is 25.4 Å². The normalized spacial score (nSPS) is 24.5. The van der Waals surface area contributed by atoms with Crippen LogP contribution in [0.3, 0.4) is 0 Å². The maximum absolute atomic E-state index is 14.4. The fourth-order valence-corrected chi connectivity index (χ4v) is 7.86. The molecule has 11 heteroatoms. The first-order valence-electron chi connectivity index (χ1n) is 18.8. The van der Waals surface area contributed by atoms with Crippen LogP contribution in [0.1, 0.15) is 72.6 Å². The molecule has 0 bridgehead atoms. The highest BCUT2D eigenvalue weighted by atomic mass is 16.5. The van der Waals surface area contributed by atoms with Crippen LogP contribution in [-0.2, 0) is 23.9 Å². The Labute approximate surface area is 311 Å². The molecule has 2 aromatic carbocycles. The summed E-state index contributed by atoms with van der Waals surface area (Å²) in [5.74, 6) is -2.37. The van der Waals surface area contributed by atoms with E-state index in [1.54, 1.807) is 20.1 Å². The van der Waals surface area contributed by atoms with Crippen molar-refractivity contribution in [1.29, 1.82) is 0 Å². The van der Waals surface area contributed by atoms with Crippen LogP contribution in [0.25, 0.3) is 22.2 Å². The number of ether oxygens (including phenoxy) is 3. The van der Waals surface area contributed by atoms with Crippen LogP contribution in [0, 0.1) is 23.2 Å². The Bertz CT molecular complexity index is 1850. The minimum Gasteiger partial charge on any atom is -0.497 e. The lowest BCUT2D eigenvalue weighted by Gasteiger charge is -2.33. The highest BCUT2D eigenvalue weighted by Crippen LogP contribution is 2.47. The van der Waals surface area contributed by atoms with Gasteiger partial charge >= 0.3 is 5.97 Å². The van der Waals surface area contributed by atoms with Crippen molar-refractivity contribution in [3.63, 3.8) is 0 Å². The molecule has 0 unspecified atom stereocenters. The summed E-state index contributed by atoms with van der Waals surface area (Å²) in [5.41, 5.74) is 0.440. The number of aromatic nitrogens is 1. The SMILES string of the molecule is C=C[C@@H]1C[C@]1(NC(=O)[C@@H]1C[C@H](Oc2cc(-c3ccccc3)nc3cc(OC)ccc23)C[C@@H]1C(=O)N[C@H](C(=O)NC1CCCC1)C(C)(C)C)C(=O)OCC. The summed E-state index contributed by atoms with van der Waals surface area (Å²) in [6.07, 6.45) is 5.83. The third kappa shape index (κ3) is 8.19. The molecule has 3 aromatic rings. The Hall–Kier alpha value is -4.93. The number of amides is 3. The molecule has 3 fully saturated rings. The van der Waals surface area contributed by atoms with Gasteiger partial charge in [0, 0.05) is 35.0 Å². The van der Waals surface area contributed by atoms with Gasteiger partial charge in [0.2, 0.25) is 17.7 Å². The van der Waals surface area contributed by atoms with Crippen LogP contribution in [0.4, 0.5) is 0 Å². The first kappa shape index (κ1) is 37.8. The zero-order valence-corrected chi connectivity index (χ0v) is 31.4. The average Bonchev–Trinajstić information content (AvgIpc) is 3.40. The predicted molar refractivity (Wildman–Crippen MR) is 202 cm³/mol. The summed E-state index contributed by atoms with van der Waals surface area (Å²) in [4.78, 5) is 60.3. The number of carbonyl (C=O) groups is 4. The lowest BCUT2D eigenvalue weighted by Crippen LogP contribution is -2.57. The molecule has 1 heterocycles. The number of esters is 1. The molecule has 3 aliphatic rings. The molecule has 53 heavy (non-hydrogen) atoms. The molecule has 0 spiro atoms. The van der Waals surface area contributed by atoms with E-state index in [2.05, 4.69) is 22.5 Å². The molecule has 6 rings (SSSR count). The van der Waals surface area contributed by atoms with Gasteiger partial charge in [0.15, 0.2) is 0 Å². The summed E-state index contributed by atoms with van der Waals surface area (Å²) in [7, 11) is 1.60. The lowest BCUT2D eigenvalue weighted by molar-refractivity contribution is -0.150. The number of nitrogens with one attached hydrogen (secondary N) is 3. The van der Waals surface area contributed by atoms with Gasteiger partial charge < -0.3 is 30.2 Å². The fourth-order valence-electron chi connectivity index (χ4n) is 7.86. The minimum atomic E-state index is -1.23. The van der Waals surface area contributed by atoms with Gasteiger partial charge in [-0.25, -0.2) is 9.78 Å². The standard InChI is InChI=1S/C42H52N4O7/c1-7-26-24-42(26,40(50)52-8-2)46-38(48)32-21-29(20-31(32)37(47)45-36(41(3,4)5)39(49)43-27-16-12-13-17-27)53-35-23-33(25-14-10-9-11-15-25)44-34-22-28(51-6)18-19-30(34)35/h7,9-11,14-15,18-19,22-23,26-27,29,31-32,36H,1,8,12-13,16-17,20-21,24H2,2-6H3,(H,43,49)(H,45,47)(H,46,48)/t26-,29-,31+,32-,36-,42-/m1/s1. The molecule has 0 saturated heterocycles. The van der Waals surface area contributed by atoms with Gasteiger partial charge in [-0.05, 0) is 56.6 Å². The molecular formula is C42H52N4O7. The van der Waals surface area contributed by atoms with Crippen LogP contribution in [0.5, 0.6) is 11.5 Å². The van der Waals surface area contributed by atoms with Crippen LogP contribution in [0.2, 0.25) is 0 Å². The fraction of sp³-hybridized carbons (Fsp3) is 0.500. The van der Waals surface area contributed by atoms with E-state index in [1.165, 1.54) is 0 Å². The Morgan fingerprint density at radius 3 is 2.32 bits per heavy atom. The Balaban J connectivity index is 1.31. The second kappa shape index (κ2) is 15.6. The van der Waals surface area contributed by atoms with E-state index in [-0.39, 0.29) is 37.3 Å². The number of methoxy groups -OCH3 is 1. The quantitative estimate of drug-likeness (QED) is 0.146. The van der Waals surface area contributed by atoms with Crippen molar-refractivity contribution >= 4 is 34.6 Å². The number of hydrogen-bond donors (Lipinski definition) is 3. The van der Waals surface area contributed by atoms with Gasteiger partial charge in [0.05, 0.1) is 36.8 Å². The zero-order chi connectivity index (χ0) is 37.9. The van der Waals surface area contributed by atoms with E-state index in [9.17, 15) is 19.2 Å². The zero-order valence-electron chi connectivity index (χ0n) is 31.4. The van der Waals surface area contributed by atoms with E-state index in [0.29, 0.717) is 29.1 Å². The highest BCUT2D eigenvalue weighted by molar-refractivity contribution is 5.96. The number of fused-ring (bicyclic) bond motifs is 1. The Morgan fingerprint density at radius 2 is 1.70 bits per heavy atom. The summed E-state index contributed by atoms with van der Waals surface area (Å²) in [5, 5.41) is 9.90. The maximum Gasteiger partial charge on any atom is 0.332 e. The number of hydrogen-bond acceptors (Lipinski definition) is 8. The lowest BCUT2D eigenvalue weighted by atomic mass is 9.84. The molecule has 3 N–H and O–H groups in total. The maximum atomic E-state index is 14.4. The second-order valence-corrected chi connectivity index (χ2v) is 15.7. The molecule has 3 saturated carbocycles. The molecule has 0 radical (unpaired) electrons. The van der Waals surface area contributed by atoms with Crippen molar-refractivity contribution in [2.45, 2.75) is 96.4 Å². The monoisotopic (exact) mass is 724 g/mol. The number of benzene rings is 2. The average molecular weight is 725 g/mol. The van der Waals surface area contributed by atoms with Crippen molar-refractivity contribution in [2.24, 2.45) is 23.2 Å². The van der Waals surface area contributed by atoms with E-state index in [0.717, 1.165) is 36.6 Å². The minimum absolute atomic E-state index is 0.0818. The van der Waals surface area contributed by atoms with Gasteiger partial charge in [0.25, 0.3) is 0 Å². The van der Waals surface area contributed by atoms with Crippen molar-refractivity contribution in [1.82, 2.24) is 20.9 Å². The molecule has 282 valence electrons. The molecular weight excluding hydrogens is 672 g/mol. The third-order valence-corrected chi connectivity index (χ3v) is 10.9. The van der Waals surface area contributed by atoms with Crippen molar-refractivity contribution in [3.8, 4) is 22.8 Å². The topological polar surface area (TPSA) is 145 Å². The molecule has 0 aliphatic heterocycles. The number of nitrogens with zero attached hydrogens (tertiary/aromatic N) is 1. The molecule has 3 amide bonds. The number of pyridine rings is 1. The molecule has 11 nitrogen and oxygen atoms in total.